The lowest BCUT2D eigenvalue weighted by Crippen LogP contribution is -2.32. The van der Waals surface area contributed by atoms with Crippen molar-refractivity contribution in [3.63, 3.8) is 0 Å². The average Bonchev–Trinajstić information content (AvgIpc) is 2.04. The number of amides is 1. The molecule has 0 bridgehead atoms. The fourth-order valence-electron chi connectivity index (χ4n) is 0.669. The zero-order valence-corrected chi connectivity index (χ0v) is 7.68. The van der Waals surface area contributed by atoms with Crippen LogP contribution in [-0.2, 0) is 4.79 Å². The van der Waals surface area contributed by atoms with E-state index in [1.807, 2.05) is 14.0 Å². The second-order valence-electron chi connectivity index (χ2n) is 2.60. The minimum absolute atomic E-state index is 0.134. The maximum Gasteiger partial charge on any atom is 0.219 e. The number of rotatable bonds is 5. The fourth-order valence-corrected chi connectivity index (χ4v) is 0.669. The van der Waals surface area contributed by atoms with Crippen LogP contribution in [0.25, 0.3) is 0 Å². The first-order valence-corrected chi connectivity index (χ1v) is 4.16. The van der Waals surface area contributed by atoms with Crippen molar-refractivity contribution < 1.29 is 4.79 Å². The summed E-state index contributed by atoms with van der Waals surface area (Å²) in [6.45, 7) is 6.68. The SMILES string of the molecule is CCC(=O)NCCN(C)CC. The molecule has 0 aromatic carbocycles. The molecule has 0 saturated heterocycles. The third kappa shape index (κ3) is 5.85. The van der Waals surface area contributed by atoms with Crippen LogP contribution < -0.4 is 5.32 Å². The Kier molecular flexibility index (Phi) is 5.84. The normalized spacial score (nSPS) is 10.2. The number of nitrogens with zero attached hydrogens (tertiary/aromatic N) is 1. The first-order chi connectivity index (χ1) is 5.20. The second-order valence-corrected chi connectivity index (χ2v) is 2.60. The molecule has 0 aromatic heterocycles. The van der Waals surface area contributed by atoms with E-state index >= 15 is 0 Å². The minimum atomic E-state index is 0.134. The monoisotopic (exact) mass is 158 g/mol. The number of nitrogens with one attached hydrogen (secondary N) is 1. The Morgan fingerprint density at radius 1 is 1.45 bits per heavy atom. The van der Waals surface area contributed by atoms with Crippen LogP contribution in [0.5, 0.6) is 0 Å². The van der Waals surface area contributed by atoms with Gasteiger partial charge in [-0.15, -0.1) is 0 Å². The first kappa shape index (κ1) is 10.4. The van der Waals surface area contributed by atoms with Gasteiger partial charge < -0.3 is 10.2 Å². The summed E-state index contributed by atoms with van der Waals surface area (Å²) in [6.07, 6.45) is 0.579. The smallest absolute Gasteiger partial charge is 0.219 e. The Morgan fingerprint density at radius 3 is 2.55 bits per heavy atom. The van der Waals surface area contributed by atoms with E-state index in [4.69, 9.17) is 0 Å². The molecule has 0 radical (unpaired) electrons. The summed E-state index contributed by atoms with van der Waals surface area (Å²) in [4.78, 5) is 12.9. The molecule has 3 nitrogen and oxygen atoms in total. The Bertz CT molecular complexity index is 115. The Morgan fingerprint density at radius 2 is 2.09 bits per heavy atom. The lowest BCUT2D eigenvalue weighted by Gasteiger charge is -2.13. The van der Waals surface area contributed by atoms with Crippen LogP contribution in [-0.4, -0.2) is 37.5 Å². The van der Waals surface area contributed by atoms with Gasteiger partial charge in [0.2, 0.25) is 5.91 Å². The van der Waals surface area contributed by atoms with E-state index in [0.717, 1.165) is 19.6 Å². The zero-order chi connectivity index (χ0) is 8.69. The highest BCUT2D eigenvalue weighted by Crippen LogP contribution is 1.79. The van der Waals surface area contributed by atoms with Gasteiger partial charge in [-0.25, -0.2) is 0 Å². The molecule has 0 atom stereocenters. The van der Waals surface area contributed by atoms with E-state index in [0.29, 0.717) is 6.42 Å². The van der Waals surface area contributed by atoms with E-state index in [2.05, 4.69) is 17.1 Å². The van der Waals surface area contributed by atoms with Crippen LogP contribution in [0, 0.1) is 0 Å². The first-order valence-electron chi connectivity index (χ1n) is 4.16. The third-order valence-corrected chi connectivity index (χ3v) is 1.68. The standard InChI is InChI=1S/C8H18N2O/c1-4-8(11)9-6-7-10(3)5-2/h4-7H2,1-3H3,(H,9,11). The van der Waals surface area contributed by atoms with E-state index in [9.17, 15) is 4.79 Å². The van der Waals surface area contributed by atoms with Gasteiger partial charge in [0.15, 0.2) is 0 Å². The molecule has 1 amide bonds. The predicted molar refractivity (Wildman–Crippen MR) is 46.5 cm³/mol. The quantitative estimate of drug-likeness (QED) is 0.630. The van der Waals surface area contributed by atoms with Crippen molar-refractivity contribution in [1.29, 1.82) is 0 Å². The Balaban J connectivity index is 3.20. The lowest BCUT2D eigenvalue weighted by molar-refractivity contribution is -0.120. The molecule has 0 heterocycles. The highest BCUT2D eigenvalue weighted by atomic mass is 16.1. The largest absolute Gasteiger partial charge is 0.355 e. The summed E-state index contributed by atoms with van der Waals surface area (Å²) in [6, 6.07) is 0. The van der Waals surface area contributed by atoms with E-state index in [1.165, 1.54) is 0 Å². The number of carbonyl (C=O) groups is 1. The highest BCUT2D eigenvalue weighted by Gasteiger charge is 1.96. The Hall–Kier alpha value is -0.570. The summed E-state index contributed by atoms with van der Waals surface area (Å²) < 4.78 is 0. The molecular formula is C8H18N2O. The summed E-state index contributed by atoms with van der Waals surface area (Å²) in [5.41, 5.74) is 0. The van der Waals surface area contributed by atoms with Crippen molar-refractivity contribution in [3.8, 4) is 0 Å². The molecule has 3 heteroatoms. The molecule has 66 valence electrons. The topological polar surface area (TPSA) is 32.3 Å². The molecule has 11 heavy (non-hydrogen) atoms. The van der Waals surface area contributed by atoms with Crippen molar-refractivity contribution in [2.75, 3.05) is 26.7 Å². The predicted octanol–water partition coefficient (Wildman–Crippen LogP) is 0.464. The van der Waals surface area contributed by atoms with Gasteiger partial charge in [0.05, 0.1) is 0 Å². The van der Waals surface area contributed by atoms with Crippen LogP contribution in [0.4, 0.5) is 0 Å². The van der Waals surface area contributed by atoms with Gasteiger partial charge in [-0.2, -0.15) is 0 Å². The molecule has 0 rings (SSSR count). The zero-order valence-electron chi connectivity index (χ0n) is 7.68. The van der Waals surface area contributed by atoms with Crippen molar-refractivity contribution in [2.24, 2.45) is 0 Å². The van der Waals surface area contributed by atoms with Gasteiger partial charge in [0, 0.05) is 19.5 Å². The fraction of sp³-hybridized carbons (Fsp3) is 0.875. The maximum atomic E-state index is 10.8. The molecule has 0 saturated carbocycles. The number of hydrogen-bond acceptors (Lipinski definition) is 2. The summed E-state index contributed by atoms with van der Waals surface area (Å²) in [5, 5.41) is 2.82. The van der Waals surface area contributed by atoms with Crippen LogP contribution in [0.3, 0.4) is 0 Å². The molecule has 0 aromatic rings. The van der Waals surface area contributed by atoms with Gasteiger partial charge >= 0.3 is 0 Å². The summed E-state index contributed by atoms with van der Waals surface area (Å²) >= 11 is 0. The Labute approximate surface area is 68.8 Å². The second kappa shape index (κ2) is 6.16. The van der Waals surface area contributed by atoms with Crippen LogP contribution in [0.1, 0.15) is 20.3 Å². The molecule has 0 aliphatic heterocycles. The van der Waals surface area contributed by atoms with Gasteiger partial charge in [-0.05, 0) is 13.6 Å². The van der Waals surface area contributed by atoms with E-state index < -0.39 is 0 Å². The van der Waals surface area contributed by atoms with Crippen molar-refractivity contribution in [1.82, 2.24) is 10.2 Å². The van der Waals surface area contributed by atoms with Crippen LogP contribution >= 0.6 is 0 Å². The van der Waals surface area contributed by atoms with Crippen LogP contribution in [0.2, 0.25) is 0 Å². The molecule has 1 N–H and O–H groups in total. The number of hydrogen-bond donors (Lipinski definition) is 1. The molecule has 0 aliphatic rings. The molecule has 0 fully saturated rings. The lowest BCUT2D eigenvalue weighted by atomic mass is 10.4. The molecular weight excluding hydrogens is 140 g/mol. The van der Waals surface area contributed by atoms with Crippen LogP contribution in [0.15, 0.2) is 0 Å². The van der Waals surface area contributed by atoms with Crippen molar-refractivity contribution in [3.05, 3.63) is 0 Å². The molecule has 0 unspecified atom stereocenters. The highest BCUT2D eigenvalue weighted by molar-refractivity contribution is 5.75. The van der Waals surface area contributed by atoms with Gasteiger partial charge in [0.25, 0.3) is 0 Å². The summed E-state index contributed by atoms with van der Waals surface area (Å²) in [7, 11) is 2.04. The number of likely N-dealkylation sites (N-methyl/N-ethyl adjacent to an activating group) is 1. The maximum absolute atomic E-state index is 10.8. The van der Waals surface area contributed by atoms with Gasteiger partial charge in [-0.3, -0.25) is 4.79 Å². The summed E-state index contributed by atoms with van der Waals surface area (Å²) in [5.74, 6) is 0.134. The van der Waals surface area contributed by atoms with E-state index in [-0.39, 0.29) is 5.91 Å². The van der Waals surface area contributed by atoms with Crippen molar-refractivity contribution in [2.45, 2.75) is 20.3 Å². The van der Waals surface area contributed by atoms with Gasteiger partial charge in [0.1, 0.15) is 0 Å². The van der Waals surface area contributed by atoms with Gasteiger partial charge in [-0.1, -0.05) is 13.8 Å². The molecule has 0 aliphatic carbocycles. The minimum Gasteiger partial charge on any atom is -0.355 e. The average molecular weight is 158 g/mol. The number of carbonyl (C=O) groups excluding carboxylic acids is 1. The molecule has 0 spiro atoms. The van der Waals surface area contributed by atoms with Crippen molar-refractivity contribution >= 4 is 5.91 Å². The third-order valence-electron chi connectivity index (χ3n) is 1.68. The van der Waals surface area contributed by atoms with E-state index in [1.54, 1.807) is 0 Å².